The number of hydrogen-bond donors (Lipinski definition) is 2. The van der Waals surface area contributed by atoms with E-state index in [1.165, 1.54) is 0 Å². The number of nitrogens with one attached hydrogen (secondary N) is 1. The van der Waals surface area contributed by atoms with Gasteiger partial charge in [0.05, 0.1) is 18.3 Å². The van der Waals surface area contributed by atoms with Crippen LogP contribution in [0.1, 0.15) is 52.9 Å². The maximum absolute atomic E-state index is 9.50. The van der Waals surface area contributed by atoms with Crippen LogP contribution in [0.15, 0.2) is 0 Å². The van der Waals surface area contributed by atoms with Gasteiger partial charge in [-0.05, 0) is 53.0 Å². The Balaban J connectivity index is 2.57. The van der Waals surface area contributed by atoms with E-state index in [0.29, 0.717) is 0 Å². The summed E-state index contributed by atoms with van der Waals surface area (Å²) in [6.07, 6.45) is 5.52. The van der Waals surface area contributed by atoms with Crippen LogP contribution in [0.3, 0.4) is 0 Å². The summed E-state index contributed by atoms with van der Waals surface area (Å²) in [7, 11) is 1.93. The first kappa shape index (κ1) is 13.9. The summed E-state index contributed by atoms with van der Waals surface area (Å²) in [4.78, 5) is 0. The van der Waals surface area contributed by atoms with Gasteiger partial charge in [0.2, 0.25) is 0 Å². The standard InChI is InChI=1S/C13H27NO2/c1-5-12(2,3)16-11-7-6-8-13(9-11,10-15)14-4/h11,14-15H,5-10H2,1-4H3. The molecule has 3 nitrogen and oxygen atoms in total. The summed E-state index contributed by atoms with van der Waals surface area (Å²) in [5.41, 5.74) is -0.163. The first-order chi connectivity index (χ1) is 7.47. The van der Waals surface area contributed by atoms with Crippen molar-refractivity contribution < 1.29 is 9.84 Å². The van der Waals surface area contributed by atoms with E-state index in [1.54, 1.807) is 0 Å². The summed E-state index contributed by atoms with van der Waals surface area (Å²) >= 11 is 0. The lowest BCUT2D eigenvalue weighted by Gasteiger charge is -2.42. The Morgan fingerprint density at radius 3 is 2.69 bits per heavy atom. The lowest BCUT2D eigenvalue weighted by molar-refractivity contribution is -0.103. The van der Waals surface area contributed by atoms with E-state index in [0.717, 1.165) is 32.1 Å². The summed E-state index contributed by atoms with van der Waals surface area (Å²) in [6, 6.07) is 0. The normalized spacial score (nSPS) is 31.7. The minimum absolute atomic E-state index is 0.0447. The molecule has 1 fully saturated rings. The minimum atomic E-state index is -0.118. The summed E-state index contributed by atoms with van der Waals surface area (Å²) in [6.45, 7) is 6.64. The number of aliphatic hydroxyl groups is 1. The van der Waals surface area contributed by atoms with E-state index in [2.05, 4.69) is 26.1 Å². The van der Waals surface area contributed by atoms with Crippen LogP contribution in [0.25, 0.3) is 0 Å². The molecule has 2 unspecified atom stereocenters. The van der Waals surface area contributed by atoms with Crippen molar-refractivity contribution in [1.82, 2.24) is 5.32 Å². The van der Waals surface area contributed by atoms with Crippen molar-refractivity contribution >= 4 is 0 Å². The smallest absolute Gasteiger partial charge is 0.0627 e. The van der Waals surface area contributed by atoms with Crippen molar-refractivity contribution in [2.24, 2.45) is 0 Å². The summed E-state index contributed by atoms with van der Waals surface area (Å²) < 4.78 is 6.14. The highest BCUT2D eigenvalue weighted by atomic mass is 16.5. The first-order valence-corrected chi connectivity index (χ1v) is 6.44. The molecule has 2 atom stereocenters. The van der Waals surface area contributed by atoms with Crippen LogP contribution < -0.4 is 5.32 Å². The van der Waals surface area contributed by atoms with Crippen molar-refractivity contribution in [2.45, 2.75) is 70.1 Å². The Labute approximate surface area is 99.6 Å². The lowest BCUT2D eigenvalue weighted by Crippen LogP contribution is -2.52. The number of hydrogen-bond acceptors (Lipinski definition) is 3. The lowest BCUT2D eigenvalue weighted by atomic mass is 9.80. The van der Waals surface area contributed by atoms with E-state index in [1.807, 2.05) is 7.05 Å². The van der Waals surface area contributed by atoms with E-state index in [9.17, 15) is 5.11 Å². The van der Waals surface area contributed by atoms with Crippen LogP contribution in [-0.2, 0) is 4.74 Å². The Kier molecular flexibility index (Phi) is 4.77. The van der Waals surface area contributed by atoms with Crippen molar-refractivity contribution in [1.29, 1.82) is 0 Å². The molecule has 3 heteroatoms. The Hall–Kier alpha value is -0.120. The third-order valence-corrected chi connectivity index (χ3v) is 3.97. The van der Waals surface area contributed by atoms with Gasteiger partial charge in [-0.2, -0.15) is 0 Å². The zero-order valence-electron chi connectivity index (χ0n) is 11.2. The third kappa shape index (κ3) is 3.44. The molecule has 0 saturated heterocycles. The molecule has 0 heterocycles. The SMILES string of the molecule is CCC(C)(C)OC1CCCC(CO)(NC)C1. The van der Waals surface area contributed by atoms with Crippen LogP contribution in [-0.4, -0.2) is 36.0 Å². The molecule has 0 radical (unpaired) electrons. The second-order valence-corrected chi connectivity index (χ2v) is 5.64. The molecule has 0 bridgehead atoms. The molecular formula is C13H27NO2. The second-order valence-electron chi connectivity index (χ2n) is 5.64. The minimum Gasteiger partial charge on any atom is -0.394 e. The predicted molar refractivity (Wildman–Crippen MR) is 66.6 cm³/mol. The third-order valence-electron chi connectivity index (χ3n) is 3.97. The molecule has 1 saturated carbocycles. The Morgan fingerprint density at radius 2 is 2.19 bits per heavy atom. The average Bonchev–Trinajstić information content (AvgIpc) is 2.28. The van der Waals surface area contributed by atoms with Gasteiger partial charge < -0.3 is 15.2 Å². The molecule has 0 spiro atoms. The van der Waals surface area contributed by atoms with E-state index >= 15 is 0 Å². The van der Waals surface area contributed by atoms with Crippen molar-refractivity contribution in [3.63, 3.8) is 0 Å². The van der Waals surface area contributed by atoms with Crippen LogP contribution in [0.5, 0.6) is 0 Å². The molecule has 0 amide bonds. The molecule has 1 aliphatic carbocycles. The number of likely N-dealkylation sites (N-methyl/N-ethyl adjacent to an activating group) is 1. The molecule has 0 aliphatic heterocycles. The van der Waals surface area contributed by atoms with E-state index in [4.69, 9.17) is 4.74 Å². The summed E-state index contributed by atoms with van der Waals surface area (Å²) in [5, 5.41) is 12.8. The van der Waals surface area contributed by atoms with Gasteiger partial charge in [0, 0.05) is 5.54 Å². The van der Waals surface area contributed by atoms with Gasteiger partial charge in [-0.25, -0.2) is 0 Å². The van der Waals surface area contributed by atoms with Gasteiger partial charge in [-0.15, -0.1) is 0 Å². The molecule has 0 aromatic rings. The topological polar surface area (TPSA) is 41.5 Å². The van der Waals surface area contributed by atoms with E-state index < -0.39 is 0 Å². The van der Waals surface area contributed by atoms with Gasteiger partial charge in [-0.1, -0.05) is 6.92 Å². The van der Waals surface area contributed by atoms with Crippen molar-refractivity contribution in [3.05, 3.63) is 0 Å². The molecule has 1 rings (SSSR count). The number of ether oxygens (including phenoxy) is 1. The fourth-order valence-electron chi connectivity index (χ4n) is 2.39. The zero-order valence-corrected chi connectivity index (χ0v) is 11.2. The fraction of sp³-hybridized carbons (Fsp3) is 1.00. The maximum atomic E-state index is 9.50. The Bertz CT molecular complexity index is 212. The highest BCUT2D eigenvalue weighted by Gasteiger charge is 2.36. The maximum Gasteiger partial charge on any atom is 0.0627 e. The molecular weight excluding hydrogens is 202 g/mol. The second kappa shape index (κ2) is 5.48. The van der Waals surface area contributed by atoms with Gasteiger partial charge in [0.1, 0.15) is 0 Å². The van der Waals surface area contributed by atoms with Crippen molar-refractivity contribution in [2.75, 3.05) is 13.7 Å². The van der Waals surface area contributed by atoms with Crippen molar-refractivity contribution in [3.8, 4) is 0 Å². The molecule has 2 N–H and O–H groups in total. The number of aliphatic hydroxyl groups excluding tert-OH is 1. The van der Waals surface area contributed by atoms with E-state index in [-0.39, 0.29) is 23.9 Å². The predicted octanol–water partition coefficient (Wildman–Crippen LogP) is 2.08. The van der Waals surface area contributed by atoms with Gasteiger partial charge in [0.25, 0.3) is 0 Å². The molecule has 0 aromatic carbocycles. The molecule has 16 heavy (non-hydrogen) atoms. The van der Waals surface area contributed by atoms with Crippen LogP contribution in [0.2, 0.25) is 0 Å². The quantitative estimate of drug-likeness (QED) is 0.758. The molecule has 1 aliphatic rings. The highest BCUT2D eigenvalue weighted by molar-refractivity contribution is 4.93. The van der Waals surface area contributed by atoms with Crippen LogP contribution >= 0.6 is 0 Å². The molecule has 0 aromatic heterocycles. The number of rotatable bonds is 5. The summed E-state index contributed by atoms with van der Waals surface area (Å²) in [5.74, 6) is 0. The van der Waals surface area contributed by atoms with Gasteiger partial charge in [0.15, 0.2) is 0 Å². The monoisotopic (exact) mass is 229 g/mol. The van der Waals surface area contributed by atoms with Gasteiger partial charge in [-0.3, -0.25) is 0 Å². The zero-order chi connectivity index (χ0) is 12.2. The highest BCUT2D eigenvalue weighted by Crippen LogP contribution is 2.32. The van der Waals surface area contributed by atoms with Crippen LogP contribution in [0, 0.1) is 0 Å². The first-order valence-electron chi connectivity index (χ1n) is 6.44. The molecule has 96 valence electrons. The average molecular weight is 229 g/mol. The van der Waals surface area contributed by atoms with Crippen LogP contribution in [0.4, 0.5) is 0 Å². The van der Waals surface area contributed by atoms with Gasteiger partial charge >= 0.3 is 0 Å². The fourth-order valence-corrected chi connectivity index (χ4v) is 2.39. The Morgan fingerprint density at radius 1 is 1.50 bits per heavy atom. The largest absolute Gasteiger partial charge is 0.394 e.